The lowest BCUT2D eigenvalue weighted by Crippen LogP contribution is -1.71. The molecule has 0 spiro atoms. The zero-order valence-corrected chi connectivity index (χ0v) is 9.90. The summed E-state index contributed by atoms with van der Waals surface area (Å²) < 4.78 is 2.24. The second kappa shape index (κ2) is 3.78. The van der Waals surface area contributed by atoms with E-state index in [0.29, 0.717) is 14.6 Å². The van der Waals surface area contributed by atoms with Crippen LogP contribution in [0, 0.1) is 4.91 Å². The molecule has 11 heavy (non-hydrogen) atoms. The lowest BCUT2D eigenvalue weighted by molar-refractivity contribution is 1.42. The van der Waals surface area contributed by atoms with Gasteiger partial charge in [-0.1, -0.05) is 15.9 Å². The first kappa shape index (κ1) is 9.35. The maximum atomic E-state index is 10.2. The standard InChI is InChI=1S/C6H2Br3NO/c7-3-1-4(8)6(10-11)5(9)2-3/h1-2H. The van der Waals surface area contributed by atoms with E-state index in [9.17, 15) is 4.91 Å². The summed E-state index contributed by atoms with van der Waals surface area (Å²) in [6.07, 6.45) is 0. The van der Waals surface area contributed by atoms with Crippen LogP contribution in [0.15, 0.2) is 30.7 Å². The Balaban J connectivity index is 3.36. The van der Waals surface area contributed by atoms with Crippen molar-refractivity contribution >= 4 is 53.5 Å². The van der Waals surface area contributed by atoms with Crippen LogP contribution in [0.25, 0.3) is 0 Å². The largest absolute Gasteiger partial charge is 0.145 e. The molecular formula is C6H2Br3NO. The summed E-state index contributed by atoms with van der Waals surface area (Å²) in [5.41, 5.74) is 0.383. The van der Waals surface area contributed by atoms with Crippen molar-refractivity contribution in [1.82, 2.24) is 0 Å². The molecule has 0 aliphatic carbocycles. The number of hydrogen-bond donors (Lipinski definition) is 0. The van der Waals surface area contributed by atoms with E-state index in [0.717, 1.165) is 4.47 Å². The first-order valence-corrected chi connectivity index (χ1v) is 5.01. The molecule has 1 rings (SSSR count). The summed E-state index contributed by atoms with van der Waals surface area (Å²) in [7, 11) is 0. The van der Waals surface area contributed by atoms with Gasteiger partial charge in [-0.3, -0.25) is 0 Å². The molecule has 0 aliphatic heterocycles. The predicted molar refractivity (Wildman–Crippen MR) is 55.0 cm³/mol. The second-order valence-electron chi connectivity index (χ2n) is 1.81. The van der Waals surface area contributed by atoms with E-state index in [2.05, 4.69) is 53.0 Å². The Morgan fingerprint density at radius 2 is 1.55 bits per heavy atom. The van der Waals surface area contributed by atoms with Gasteiger partial charge in [0.15, 0.2) is 0 Å². The lowest BCUT2D eigenvalue weighted by atomic mass is 10.3. The topological polar surface area (TPSA) is 29.4 Å². The summed E-state index contributed by atoms with van der Waals surface area (Å²) in [5.74, 6) is 0. The second-order valence-corrected chi connectivity index (χ2v) is 4.43. The first-order valence-electron chi connectivity index (χ1n) is 2.63. The van der Waals surface area contributed by atoms with Crippen LogP contribution in [0.3, 0.4) is 0 Å². The van der Waals surface area contributed by atoms with Crippen molar-refractivity contribution in [2.75, 3.05) is 0 Å². The molecule has 5 heteroatoms. The Kier molecular flexibility index (Phi) is 3.21. The van der Waals surface area contributed by atoms with Crippen LogP contribution in [-0.4, -0.2) is 0 Å². The minimum atomic E-state index is 0.383. The fraction of sp³-hybridized carbons (Fsp3) is 0. The Bertz CT molecular complexity index is 277. The molecule has 1 aromatic carbocycles. The van der Waals surface area contributed by atoms with E-state index in [-0.39, 0.29) is 0 Å². The molecule has 0 heterocycles. The van der Waals surface area contributed by atoms with Crippen LogP contribution >= 0.6 is 47.8 Å². The molecule has 0 saturated heterocycles. The molecule has 0 N–H and O–H groups in total. The summed E-state index contributed by atoms with van der Waals surface area (Å²) in [4.78, 5) is 10.2. The summed E-state index contributed by atoms with van der Waals surface area (Å²) in [6, 6.07) is 3.53. The predicted octanol–water partition coefficient (Wildman–Crippen LogP) is 4.37. The highest BCUT2D eigenvalue weighted by atomic mass is 79.9. The third-order valence-electron chi connectivity index (χ3n) is 1.07. The van der Waals surface area contributed by atoms with Crippen LogP contribution in [0.5, 0.6) is 0 Å². The molecule has 0 aromatic heterocycles. The minimum Gasteiger partial charge on any atom is -0.145 e. The highest BCUT2D eigenvalue weighted by Gasteiger charge is 2.05. The van der Waals surface area contributed by atoms with E-state index in [1.807, 2.05) is 0 Å². The zero-order valence-electron chi connectivity index (χ0n) is 5.14. The normalized spacial score (nSPS) is 9.73. The monoisotopic (exact) mass is 341 g/mol. The Morgan fingerprint density at radius 1 is 1.09 bits per heavy atom. The quantitative estimate of drug-likeness (QED) is 0.696. The van der Waals surface area contributed by atoms with Crippen molar-refractivity contribution < 1.29 is 0 Å². The minimum absolute atomic E-state index is 0.383. The van der Waals surface area contributed by atoms with Crippen molar-refractivity contribution in [2.45, 2.75) is 0 Å². The molecule has 0 fully saturated rings. The van der Waals surface area contributed by atoms with Gasteiger partial charge in [0.05, 0.1) is 0 Å². The number of hydrogen-bond acceptors (Lipinski definition) is 2. The summed E-state index contributed by atoms with van der Waals surface area (Å²) in [6.45, 7) is 0. The van der Waals surface area contributed by atoms with Gasteiger partial charge in [-0.15, -0.1) is 4.91 Å². The molecular weight excluding hydrogens is 342 g/mol. The smallest absolute Gasteiger partial charge is 0.136 e. The van der Waals surface area contributed by atoms with Crippen molar-refractivity contribution in [3.63, 3.8) is 0 Å². The van der Waals surface area contributed by atoms with Crippen molar-refractivity contribution in [3.8, 4) is 0 Å². The molecule has 0 bridgehead atoms. The van der Waals surface area contributed by atoms with Gasteiger partial charge in [-0.05, 0) is 49.2 Å². The molecule has 0 unspecified atom stereocenters. The van der Waals surface area contributed by atoms with E-state index in [1.165, 1.54) is 0 Å². The van der Waals surface area contributed by atoms with Gasteiger partial charge in [0.1, 0.15) is 5.69 Å². The van der Waals surface area contributed by atoms with Crippen LogP contribution in [0.1, 0.15) is 0 Å². The fourth-order valence-corrected chi connectivity index (χ4v) is 3.03. The third-order valence-corrected chi connectivity index (χ3v) is 2.74. The number of nitrogens with zero attached hydrogens (tertiary/aromatic N) is 1. The molecule has 0 radical (unpaired) electrons. The molecule has 58 valence electrons. The Morgan fingerprint density at radius 3 is 1.91 bits per heavy atom. The first-order chi connectivity index (χ1) is 5.15. The number of nitroso groups, excluding NO2 is 1. The maximum absolute atomic E-state index is 10.2. The van der Waals surface area contributed by atoms with Gasteiger partial charge < -0.3 is 0 Å². The number of benzene rings is 1. The van der Waals surface area contributed by atoms with Gasteiger partial charge in [-0.2, -0.15) is 0 Å². The van der Waals surface area contributed by atoms with Crippen LogP contribution in [0.4, 0.5) is 5.69 Å². The third kappa shape index (κ3) is 2.10. The molecule has 0 atom stereocenters. The average Bonchev–Trinajstić information content (AvgIpc) is 1.85. The van der Waals surface area contributed by atoms with E-state index in [1.54, 1.807) is 12.1 Å². The van der Waals surface area contributed by atoms with Crippen molar-refractivity contribution in [2.24, 2.45) is 5.18 Å². The maximum Gasteiger partial charge on any atom is 0.136 e. The van der Waals surface area contributed by atoms with Crippen LogP contribution in [-0.2, 0) is 0 Å². The van der Waals surface area contributed by atoms with Gasteiger partial charge in [-0.25, -0.2) is 0 Å². The van der Waals surface area contributed by atoms with Gasteiger partial charge in [0.25, 0.3) is 0 Å². The van der Waals surface area contributed by atoms with Gasteiger partial charge >= 0.3 is 0 Å². The van der Waals surface area contributed by atoms with Gasteiger partial charge in [0.2, 0.25) is 0 Å². The van der Waals surface area contributed by atoms with Crippen LogP contribution in [0.2, 0.25) is 0 Å². The SMILES string of the molecule is O=Nc1c(Br)cc(Br)cc1Br. The Hall–Kier alpha value is 0.260. The molecule has 0 saturated carbocycles. The zero-order chi connectivity index (χ0) is 8.43. The van der Waals surface area contributed by atoms with Crippen molar-refractivity contribution in [3.05, 3.63) is 30.5 Å². The molecule has 0 aliphatic rings. The summed E-state index contributed by atoms with van der Waals surface area (Å²) in [5, 5.41) is 2.85. The lowest BCUT2D eigenvalue weighted by Gasteiger charge is -1.98. The molecule has 0 amide bonds. The van der Waals surface area contributed by atoms with E-state index in [4.69, 9.17) is 0 Å². The van der Waals surface area contributed by atoms with E-state index >= 15 is 0 Å². The van der Waals surface area contributed by atoms with Crippen molar-refractivity contribution in [1.29, 1.82) is 0 Å². The Labute approximate surface area is 88.7 Å². The number of rotatable bonds is 1. The number of halogens is 3. The average molecular weight is 344 g/mol. The van der Waals surface area contributed by atoms with Gasteiger partial charge in [0, 0.05) is 13.4 Å². The van der Waals surface area contributed by atoms with E-state index < -0.39 is 0 Å². The van der Waals surface area contributed by atoms with Crippen LogP contribution < -0.4 is 0 Å². The molecule has 1 aromatic rings. The highest BCUT2D eigenvalue weighted by molar-refractivity contribution is 9.11. The summed E-state index contributed by atoms with van der Waals surface area (Å²) >= 11 is 9.68. The fourth-order valence-electron chi connectivity index (χ4n) is 0.622. The highest BCUT2D eigenvalue weighted by Crippen LogP contribution is 2.36. The molecule has 2 nitrogen and oxygen atoms in total.